The molecule has 176 valence electrons. The number of nitro groups is 1. The lowest BCUT2D eigenvalue weighted by molar-refractivity contribution is -0.591. The van der Waals surface area contributed by atoms with Crippen molar-refractivity contribution < 1.29 is 24.3 Å². The minimum Gasteiger partial charge on any atom is -0.711 e. The number of hydrogen-bond acceptors (Lipinski definition) is 6. The van der Waals surface area contributed by atoms with E-state index in [0.29, 0.717) is 30.7 Å². The molecule has 0 radical (unpaired) electrons. The quantitative estimate of drug-likeness (QED) is 0.162. The number of fused-ring (bicyclic) bond motifs is 2. The van der Waals surface area contributed by atoms with Crippen LogP contribution in [0.5, 0.6) is 5.75 Å². The second kappa shape index (κ2) is 10.2. The van der Waals surface area contributed by atoms with Crippen molar-refractivity contribution >= 4 is 17.5 Å². The third-order valence-corrected chi connectivity index (χ3v) is 5.95. The number of anilines is 1. The molecule has 4 rings (SSSR count). The van der Waals surface area contributed by atoms with E-state index in [0.717, 1.165) is 46.7 Å². The smallest absolute Gasteiger partial charge is 0.303 e. The number of hydrogen-bond donors (Lipinski definition) is 2. The van der Waals surface area contributed by atoms with Gasteiger partial charge in [0.15, 0.2) is 0 Å². The van der Waals surface area contributed by atoms with Crippen molar-refractivity contribution in [2.45, 2.75) is 31.6 Å². The van der Waals surface area contributed by atoms with Gasteiger partial charge in [-0.3, -0.25) is 20.2 Å². The van der Waals surface area contributed by atoms with Gasteiger partial charge in [-0.15, -0.1) is 0 Å². The number of aliphatic carboxylic acids is 1. The number of ether oxygens (including phenoxy) is 1. The second-order valence-electron chi connectivity index (χ2n) is 8.29. The zero-order valence-corrected chi connectivity index (χ0v) is 18.5. The third kappa shape index (κ3) is 5.43. The Hall–Kier alpha value is -4.14. The van der Waals surface area contributed by atoms with Gasteiger partial charge in [0.25, 0.3) is 11.5 Å². The summed E-state index contributed by atoms with van der Waals surface area (Å²) in [5, 5.41) is 34.9. The monoisotopic (exact) mass is 463 g/mol. The fourth-order valence-corrected chi connectivity index (χ4v) is 4.32. The predicted molar refractivity (Wildman–Crippen MR) is 125 cm³/mol. The first-order chi connectivity index (χ1) is 16.4. The lowest BCUT2D eigenvalue weighted by Gasteiger charge is -2.16. The molecule has 34 heavy (non-hydrogen) atoms. The Morgan fingerprint density at radius 2 is 1.97 bits per heavy atom. The number of aromatic nitrogens is 1. The average molecular weight is 463 g/mol. The molecule has 2 N–H and O–H groups in total. The van der Waals surface area contributed by atoms with E-state index in [2.05, 4.69) is 11.4 Å². The maximum Gasteiger partial charge on any atom is 0.303 e. The van der Waals surface area contributed by atoms with Crippen molar-refractivity contribution in [1.82, 2.24) is 0 Å². The van der Waals surface area contributed by atoms with Crippen LogP contribution in [0.1, 0.15) is 41.0 Å². The van der Waals surface area contributed by atoms with Crippen LogP contribution >= 0.6 is 0 Å². The molecular formula is C25H25N3O6. The summed E-state index contributed by atoms with van der Waals surface area (Å²) in [6.45, 7) is 0.816. The first-order valence-electron chi connectivity index (χ1n) is 11.1. The van der Waals surface area contributed by atoms with E-state index in [-0.39, 0.29) is 23.8 Å². The van der Waals surface area contributed by atoms with Crippen molar-refractivity contribution in [2.24, 2.45) is 0 Å². The summed E-state index contributed by atoms with van der Waals surface area (Å²) in [6.07, 6.45) is 3.17. The van der Waals surface area contributed by atoms with Gasteiger partial charge in [-0.1, -0.05) is 30.3 Å². The highest BCUT2D eigenvalue weighted by molar-refractivity contribution is 5.68. The Balaban J connectivity index is 1.37. The summed E-state index contributed by atoms with van der Waals surface area (Å²) in [7, 11) is 0. The maximum absolute atomic E-state index is 11.8. The van der Waals surface area contributed by atoms with Gasteiger partial charge in [-0.25, -0.2) is 4.73 Å². The first-order valence-corrected chi connectivity index (χ1v) is 11.1. The molecule has 1 atom stereocenters. The number of rotatable bonds is 9. The van der Waals surface area contributed by atoms with Crippen LogP contribution in [0.25, 0.3) is 0 Å². The first kappa shape index (κ1) is 23.0. The molecule has 0 saturated carbocycles. The topological polar surface area (TPSA) is 129 Å². The summed E-state index contributed by atoms with van der Waals surface area (Å²) in [4.78, 5) is 21.7. The van der Waals surface area contributed by atoms with Crippen LogP contribution < -0.4 is 14.8 Å². The Kier molecular flexibility index (Phi) is 6.91. The molecule has 0 amide bonds. The molecule has 1 heterocycles. The molecule has 0 saturated heterocycles. The number of carbonyl (C=O) groups is 1. The molecule has 1 aliphatic rings. The minimum atomic E-state index is -0.801. The molecule has 0 fully saturated rings. The van der Waals surface area contributed by atoms with Gasteiger partial charge in [-0.05, 0) is 53.1 Å². The van der Waals surface area contributed by atoms with Crippen molar-refractivity contribution in [3.05, 3.63) is 98.4 Å². The average Bonchev–Trinajstić information content (AvgIpc) is 2.95. The summed E-state index contributed by atoms with van der Waals surface area (Å²) in [5.74, 6) is -0.0224. The van der Waals surface area contributed by atoms with Crippen molar-refractivity contribution in [1.29, 1.82) is 0 Å². The zero-order valence-electron chi connectivity index (χ0n) is 18.5. The maximum atomic E-state index is 11.8. The lowest BCUT2D eigenvalue weighted by Crippen LogP contribution is -2.30. The molecule has 3 aromatic rings. The van der Waals surface area contributed by atoms with Gasteiger partial charge in [0.05, 0.1) is 30.6 Å². The minimum absolute atomic E-state index is 0.0645. The Morgan fingerprint density at radius 3 is 2.76 bits per heavy atom. The van der Waals surface area contributed by atoms with Crippen LogP contribution in [-0.4, -0.2) is 29.2 Å². The molecule has 9 heteroatoms. The molecule has 1 aliphatic carbocycles. The standard InChI is InChI=1S/C25H25N3O6/c29-25(30)15-20-12-17-6-7-22(14-19(17)13-18-4-1-2-5-23(18)20)34-11-3-9-26-24-16-21(28(32)33)8-10-27(24)31/h1-2,4-8,10,14,16,20,26H,3,9,11-13,15H2,(H,29,30)/t20-/m0/s1. The van der Waals surface area contributed by atoms with Gasteiger partial charge >= 0.3 is 5.97 Å². The number of nitrogens with zero attached hydrogens (tertiary/aromatic N) is 2. The van der Waals surface area contributed by atoms with Crippen LogP contribution in [0.2, 0.25) is 0 Å². The molecule has 0 unspecified atom stereocenters. The fraction of sp³-hybridized carbons (Fsp3) is 0.280. The number of pyridine rings is 1. The van der Waals surface area contributed by atoms with Crippen molar-refractivity contribution in [3.63, 3.8) is 0 Å². The van der Waals surface area contributed by atoms with Gasteiger partial charge < -0.3 is 15.1 Å². The highest BCUT2D eigenvalue weighted by atomic mass is 16.6. The normalized spacial score (nSPS) is 14.4. The van der Waals surface area contributed by atoms with Crippen LogP contribution in [0.4, 0.5) is 11.5 Å². The van der Waals surface area contributed by atoms with Crippen molar-refractivity contribution in [3.8, 4) is 5.75 Å². The van der Waals surface area contributed by atoms with Crippen LogP contribution in [0, 0.1) is 15.3 Å². The molecule has 0 bridgehead atoms. The largest absolute Gasteiger partial charge is 0.711 e. The van der Waals surface area contributed by atoms with E-state index in [9.17, 15) is 25.2 Å². The summed E-state index contributed by atoms with van der Waals surface area (Å²) >= 11 is 0. The van der Waals surface area contributed by atoms with Crippen LogP contribution in [-0.2, 0) is 17.6 Å². The Labute approximate surface area is 196 Å². The Bertz CT molecular complexity index is 1210. The Morgan fingerprint density at radius 1 is 1.15 bits per heavy atom. The van der Waals surface area contributed by atoms with E-state index in [1.165, 1.54) is 6.07 Å². The molecule has 0 spiro atoms. The molecule has 9 nitrogen and oxygen atoms in total. The molecule has 2 aromatic carbocycles. The SMILES string of the molecule is O=C(O)C[C@@H]1Cc2ccc(OCCCNc3cc([N+](=O)[O-])cc[n+]3[O-])cc2Cc2ccccc21. The predicted octanol–water partition coefficient (Wildman–Crippen LogP) is 3.81. The van der Waals surface area contributed by atoms with E-state index in [1.807, 2.05) is 36.4 Å². The third-order valence-electron chi connectivity index (χ3n) is 5.95. The summed E-state index contributed by atoms with van der Waals surface area (Å²) in [5.41, 5.74) is 4.33. The van der Waals surface area contributed by atoms with E-state index in [1.54, 1.807) is 0 Å². The molecule has 0 aliphatic heterocycles. The van der Waals surface area contributed by atoms with Crippen molar-refractivity contribution in [2.75, 3.05) is 18.5 Å². The van der Waals surface area contributed by atoms with E-state index >= 15 is 0 Å². The lowest BCUT2D eigenvalue weighted by atomic mass is 9.89. The van der Waals surface area contributed by atoms with Gasteiger partial charge in [-0.2, -0.15) is 0 Å². The van der Waals surface area contributed by atoms with Crippen LogP contribution in [0.3, 0.4) is 0 Å². The highest BCUT2D eigenvalue weighted by Crippen LogP contribution is 2.35. The summed E-state index contributed by atoms with van der Waals surface area (Å²) < 4.78 is 6.45. The number of benzene rings is 2. The van der Waals surface area contributed by atoms with E-state index in [4.69, 9.17) is 4.74 Å². The number of nitrogens with one attached hydrogen (secondary N) is 1. The highest BCUT2D eigenvalue weighted by Gasteiger charge is 2.24. The van der Waals surface area contributed by atoms with Crippen LogP contribution in [0.15, 0.2) is 60.8 Å². The summed E-state index contributed by atoms with van der Waals surface area (Å²) in [6, 6.07) is 16.3. The zero-order chi connectivity index (χ0) is 24.1. The number of carboxylic acid groups (broad SMARTS) is 1. The fourth-order valence-electron chi connectivity index (χ4n) is 4.32. The second-order valence-corrected chi connectivity index (χ2v) is 8.29. The van der Waals surface area contributed by atoms with Gasteiger partial charge in [0.2, 0.25) is 0 Å². The molecule has 1 aromatic heterocycles. The van der Waals surface area contributed by atoms with E-state index < -0.39 is 10.9 Å². The number of carboxylic acids is 1. The molecular weight excluding hydrogens is 438 g/mol. The van der Waals surface area contributed by atoms with Gasteiger partial charge in [0, 0.05) is 6.42 Å². The van der Waals surface area contributed by atoms with Gasteiger partial charge in [0.1, 0.15) is 18.0 Å².